The predicted octanol–water partition coefficient (Wildman–Crippen LogP) is 2.25. The second kappa shape index (κ2) is 4.96. The Morgan fingerprint density at radius 2 is 1.95 bits per heavy atom. The van der Waals surface area contributed by atoms with Crippen molar-refractivity contribution in [2.45, 2.75) is 41.0 Å². The van der Waals surface area contributed by atoms with Crippen LogP contribution in [0, 0.1) is 25.2 Å². The van der Waals surface area contributed by atoms with Crippen molar-refractivity contribution in [2.75, 3.05) is 23.4 Å². The van der Waals surface area contributed by atoms with Crippen molar-refractivity contribution in [3.63, 3.8) is 0 Å². The molecule has 5 nitrogen and oxygen atoms in total. The maximum Gasteiger partial charge on any atom is 0.148 e. The lowest BCUT2D eigenvalue weighted by molar-refractivity contribution is 0.263. The van der Waals surface area contributed by atoms with Crippen molar-refractivity contribution in [1.29, 1.82) is 0 Å². The number of aromatic nitrogens is 2. The van der Waals surface area contributed by atoms with Gasteiger partial charge in [-0.3, -0.25) is 0 Å². The highest BCUT2D eigenvalue weighted by Gasteiger charge is 2.33. The van der Waals surface area contributed by atoms with E-state index >= 15 is 0 Å². The van der Waals surface area contributed by atoms with Crippen LogP contribution in [0.2, 0.25) is 0 Å². The van der Waals surface area contributed by atoms with Crippen molar-refractivity contribution in [1.82, 2.24) is 9.97 Å². The molecule has 5 heteroatoms. The molecule has 0 aromatic carbocycles. The van der Waals surface area contributed by atoms with Crippen LogP contribution in [0.25, 0.3) is 0 Å². The minimum atomic E-state index is 0.347. The van der Waals surface area contributed by atoms with Crippen LogP contribution in [0.4, 0.5) is 11.6 Å². The molecule has 1 unspecified atom stereocenters. The molecule has 1 fully saturated rings. The quantitative estimate of drug-likeness (QED) is 0.633. The summed E-state index contributed by atoms with van der Waals surface area (Å²) in [5.74, 6) is 8.73. The first-order valence-corrected chi connectivity index (χ1v) is 6.89. The molecule has 19 heavy (non-hydrogen) atoms. The van der Waals surface area contributed by atoms with Crippen LogP contribution in [0.1, 0.15) is 38.6 Å². The standard InChI is InChI=1S/C14H25N5/c1-9-12(18-15)16-10(2)17-13(9)19-7-6-11(8-19)14(3,4)5/h11H,6-8,15H2,1-5H3,(H,16,17,18). The predicted molar refractivity (Wildman–Crippen MR) is 79.1 cm³/mol. The van der Waals surface area contributed by atoms with E-state index in [-0.39, 0.29) is 0 Å². The van der Waals surface area contributed by atoms with E-state index in [4.69, 9.17) is 5.84 Å². The van der Waals surface area contributed by atoms with Crippen molar-refractivity contribution in [2.24, 2.45) is 17.2 Å². The van der Waals surface area contributed by atoms with E-state index in [1.807, 2.05) is 13.8 Å². The minimum Gasteiger partial charge on any atom is -0.356 e. The Morgan fingerprint density at radius 1 is 1.26 bits per heavy atom. The van der Waals surface area contributed by atoms with E-state index in [0.717, 1.165) is 36.1 Å². The molecule has 2 rings (SSSR count). The highest BCUT2D eigenvalue weighted by atomic mass is 15.3. The second-order valence-electron chi connectivity index (χ2n) is 6.51. The normalized spacial score (nSPS) is 19.9. The van der Waals surface area contributed by atoms with Gasteiger partial charge < -0.3 is 10.3 Å². The fraction of sp³-hybridized carbons (Fsp3) is 0.714. The summed E-state index contributed by atoms with van der Waals surface area (Å²) in [6.45, 7) is 13.0. The molecule has 1 aromatic heterocycles. The van der Waals surface area contributed by atoms with Gasteiger partial charge in [-0.15, -0.1) is 0 Å². The zero-order valence-corrected chi connectivity index (χ0v) is 12.6. The van der Waals surface area contributed by atoms with E-state index in [2.05, 4.69) is 41.1 Å². The van der Waals surface area contributed by atoms with E-state index in [0.29, 0.717) is 11.3 Å². The molecule has 1 atom stereocenters. The zero-order valence-electron chi connectivity index (χ0n) is 12.6. The highest BCUT2D eigenvalue weighted by Crippen LogP contribution is 2.36. The number of nitrogen functional groups attached to an aromatic ring is 1. The number of nitrogens with two attached hydrogens (primary N) is 1. The van der Waals surface area contributed by atoms with Gasteiger partial charge in [0.25, 0.3) is 0 Å². The minimum absolute atomic E-state index is 0.347. The fourth-order valence-corrected chi connectivity index (χ4v) is 2.72. The molecular formula is C14H25N5. The van der Waals surface area contributed by atoms with Crippen LogP contribution < -0.4 is 16.2 Å². The van der Waals surface area contributed by atoms with E-state index < -0.39 is 0 Å². The van der Waals surface area contributed by atoms with Crippen LogP contribution in [0.5, 0.6) is 0 Å². The highest BCUT2D eigenvalue weighted by molar-refractivity contribution is 5.58. The summed E-state index contributed by atoms with van der Waals surface area (Å²) in [6.07, 6.45) is 1.22. The average molecular weight is 263 g/mol. The van der Waals surface area contributed by atoms with Crippen LogP contribution in [0.3, 0.4) is 0 Å². The summed E-state index contributed by atoms with van der Waals surface area (Å²) in [5, 5.41) is 0. The molecule has 2 heterocycles. The summed E-state index contributed by atoms with van der Waals surface area (Å²) >= 11 is 0. The monoisotopic (exact) mass is 263 g/mol. The molecule has 106 valence electrons. The van der Waals surface area contributed by atoms with Crippen LogP contribution in [-0.2, 0) is 0 Å². The van der Waals surface area contributed by atoms with Gasteiger partial charge in [0.05, 0.1) is 0 Å². The third-order valence-electron chi connectivity index (χ3n) is 4.08. The molecular weight excluding hydrogens is 238 g/mol. The third kappa shape index (κ3) is 2.81. The summed E-state index contributed by atoms with van der Waals surface area (Å²) in [5.41, 5.74) is 4.04. The maximum atomic E-state index is 5.52. The molecule has 0 saturated carbocycles. The fourth-order valence-electron chi connectivity index (χ4n) is 2.72. The molecule has 1 aliphatic heterocycles. The molecule has 3 N–H and O–H groups in total. The van der Waals surface area contributed by atoms with Crippen molar-refractivity contribution in [3.05, 3.63) is 11.4 Å². The molecule has 0 bridgehead atoms. The summed E-state index contributed by atoms with van der Waals surface area (Å²) < 4.78 is 0. The Balaban J connectivity index is 2.27. The van der Waals surface area contributed by atoms with Gasteiger partial charge in [0.1, 0.15) is 17.5 Å². The Hall–Kier alpha value is -1.36. The topological polar surface area (TPSA) is 67.1 Å². The second-order valence-corrected chi connectivity index (χ2v) is 6.51. The number of rotatable bonds is 2. The summed E-state index contributed by atoms with van der Waals surface area (Å²) in [4.78, 5) is 11.3. The molecule has 1 saturated heterocycles. The largest absolute Gasteiger partial charge is 0.356 e. The van der Waals surface area contributed by atoms with Crippen molar-refractivity contribution < 1.29 is 0 Å². The third-order valence-corrected chi connectivity index (χ3v) is 4.08. The average Bonchev–Trinajstić information content (AvgIpc) is 2.80. The summed E-state index contributed by atoms with van der Waals surface area (Å²) in [7, 11) is 0. The molecule has 1 aliphatic rings. The van der Waals surface area contributed by atoms with Gasteiger partial charge in [0.2, 0.25) is 0 Å². The van der Waals surface area contributed by atoms with Gasteiger partial charge in [-0.1, -0.05) is 20.8 Å². The lowest BCUT2D eigenvalue weighted by atomic mass is 9.80. The Bertz CT molecular complexity index is 464. The Kier molecular flexibility index (Phi) is 3.67. The lowest BCUT2D eigenvalue weighted by Crippen LogP contribution is -2.27. The number of hydrogen-bond donors (Lipinski definition) is 2. The smallest absolute Gasteiger partial charge is 0.148 e. The molecule has 0 aliphatic carbocycles. The number of nitrogens with one attached hydrogen (secondary N) is 1. The number of hydrazine groups is 1. The number of nitrogens with zero attached hydrogens (tertiary/aromatic N) is 3. The van der Waals surface area contributed by atoms with Crippen molar-refractivity contribution >= 4 is 11.6 Å². The first kappa shape index (κ1) is 14.1. The zero-order chi connectivity index (χ0) is 14.2. The molecule has 0 radical (unpaired) electrons. The van der Waals surface area contributed by atoms with Crippen LogP contribution in [0.15, 0.2) is 0 Å². The Labute approximate surface area is 115 Å². The number of aryl methyl sites for hydroxylation is 1. The van der Waals surface area contributed by atoms with Gasteiger partial charge in [-0.05, 0) is 31.6 Å². The first-order chi connectivity index (χ1) is 8.82. The first-order valence-electron chi connectivity index (χ1n) is 6.89. The lowest BCUT2D eigenvalue weighted by Gasteiger charge is -2.27. The van der Waals surface area contributed by atoms with Gasteiger partial charge >= 0.3 is 0 Å². The van der Waals surface area contributed by atoms with Gasteiger partial charge in [0.15, 0.2) is 0 Å². The van der Waals surface area contributed by atoms with Crippen LogP contribution >= 0.6 is 0 Å². The van der Waals surface area contributed by atoms with E-state index in [9.17, 15) is 0 Å². The number of anilines is 2. The van der Waals surface area contributed by atoms with Crippen LogP contribution in [-0.4, -0.2) is 23.1 Å². The SMILES string of the molecule is Cc1nc(NN)c(C)c(N2CCC(C(C)(C)C)C2)n1. The van der Waals surface area contributed by atoms with Gasteiger partial charge in [-0.2, -0.15) is 0 Å². The maximum absolute atomic E-state index is 5.52. The molecule has 0 spiro atoms. The van der Waals surface area contributed by atoms with E-state index in [1.54, 1.807) is 0 Å². The summed E-state index contributed by atoms with van der Waals surface area (Å²) in [6, 6.07) is 0. The number of hydrogen-bond acceptors (Lipinski definition) is 5. The Morgan fingerprint density at radius 3 is 2.47 bits per heavy atom. The van der Waals surface area contributed by atoms with Gasteiger partial charge in [0, 0.05) is 18.7 Å². The molecule has 1 aromatic rings. The van der Waals surface area contributed by atoms with Crippen molar-refractivity contribution in [3.8, 4) is 0 Å². The van der Waals surface area contributed by atoms with Gasteiger partial charge in [-0.25, -0.2) is 15.8 Å². The van der Waals surface area contributed by atoms with E-state index in [1.165, 1.54) is 6.42 Å². The molecule has 0 amide bonds.